The van der Waals surface area contributed by atoms with Crippen LogP contribution in [0.5, 0.6) is 0 Å². The molecule has 0 saturated carbocycles. The third-order valence-electron chi connectivity index (χ3n) is 4.49. The molecule has 2 atom stereocenters. The number of carbonyl (C=O) groups excluding carboxylic acids is 2. The van der Waals surface area contributed by atoms with Crippen LogP contribution in [0.1, 0.15) is 5.82 Å². The summed E-state index contributed by atoms with van der Waals surface area (Å²) in [5.41, 5.74) is 3.25. The number of hydrogen-bond donors (Lipinski definition) is 2. The monoisotopic (exact) mass is 326 g/mol. The molecule has 3 N–H and O–H groups in total. The maximum Gasteiger partial charge on any atom is 0.263 e. The van der Waals surface area contributed by atoms with Gasteiger partial charge in [0.05, 0.1) is 39.9 Å². The van der Waals surface area contributed by atoms with Crippen molar-refractivity contribution in [2.24, 2.45) is 0 Å². The van der Waals surface area contributed by atoms with E-state index in [0.717, 1.165) is 4.57 Å². The van der Waals surface area contributed by atoms with Crippen LogP contribution in [0.15, 0.2) is 23.0 Å². The van der Waals surface area contributed by atoms with Gasteiger partial charge in [-0.1, -0.05) is 11.3 Å². The van der Waals surface area contributed by atoms with Gasteiger partial charge in [-0.25, -0.2) is 4.98 Å². The van der Waals surface area contributed by atoms with Crippen molar-refractivity contribution < 1.29 is 9.59 Å². The molecular weight excluding hydrogens is 315 g/mol. The number of amides is 2. The minimum Gasteiger partial charge on any atom is -0.398 e. The van der Waals surface area contributed by atoms with Crippen LogP contribution in [-0.2, 0) is 15.0 Å². The van der Waals surface area contributed by atoms with Gasteiger partial charge in [-0.05, 0) is 24.9 Å². The SMILES string of the molecule is [B]C1C(=O)NC(=O)C([B])(n2c(C)nc3cccc(N)c3c2=O)C1([B])[B]. The normalized spacial score (nSPS) is 25.7. The molecule has 25 heavy (non-hydrogen) atoms. The molecule has 3 rings (SSSR count). The Morgan fingerprint density at radius 2 is 1.88 bits per heavy atom. The first-order valence-electron chi connectivity index (χ1n) is 7.29. The van der Waals surface area contributed by atoms with E-state index in [-0.39, 0.29) is 16.9 Å². The van der Waals surface area contributed by atoms with Gasteiger partial charge in [0.25, 0.3) is 5.56 Å². The largest absolute Gasteiger partial charge is 0.398 e. The lowest BCUT2D eigenvalue weighted by Gasteiger charge is -2.52. The standard InChI is InChI=1S/C14H10B4N4O3/c1-5-20-7-4-2-3-6(19)8(7)11(24)22(5)14(18)12(25)21-10(23)9(15)13(14,16)17/h2-4,9H,19H2,1H3,(H,21,23,25). The first-order chi connectivity index (χ1) is 11.5. The van der Waals surface area contributed by atoms with Gasteiger partial charge in [0.2, 0.25) is 11.8 Å². The number of carbonyl (C=O) groups is 2. The van der Waals surface area contributed by atoms with Crippen LogP contribution in [0.25, 0.3) is 10.9 Å². The third kappa shape index (κ3) is 2.11. The number of aryl methyl sites for hydroxylation is 1. The molecule has 8 radical (unpaired) electrons. The van der Waals surface area contributed by atoms with Crippen LogP contribution in [0.4, 0.5) is 5.69 Å². The van der Waals surface area contributed by atoms with Crippen molar-refractivity contribution >= 4 is 59.8 Å². The van der Waals surface area contributed by atoms with E-state index < -0.39 is 33.8 Å². The maximum absolute atomic E-state index is 13.0. The third-order valence-corrected chi connectivity index (χ3v) is 4.49. The first-order valence-corrected chi connectivity index (χ1v) is 7.29. The molecule has 0 spiro atoms. The summed E-state index contributed by atoms with van der Waals surface area (Å²) in [6.45, 7) is 1.45. The van der Waals surface area contributed by atoms with Gasteiger partial charge >= 0.3 is 0 Å². The molecule has 1 saturated heterocycles. The number of imide groups is 1. The van der Waals surface area contributed by atoms with Crippen LogP contribution >= 0.6 is 0 Å². The number of fused-ring (bicyclic) bond motifs is 1. The number of aromatic nitrogens is 2. The molecule has 2 aromatic rings. The van der Waals surface area contributed by atoms with Crippen LogP contribution in [0, 0.1) is 6.92 Å². The Hall–Kier alpha value is -2.44. The zero-order valence-electron chi connectivity index (χ0n) is 13.3. The van der Waals surface area contributed by atoms with Gasteiger partial charge in [0, 0.05) is 5.69 Å². The van der Waals surface area contributed by atoms with Crippen molar-refractivity contribution in [3.63, 3.8) is 0 Å². The van der Waals surface area contributed by atoms with Crippen molar-refractivity contribution in [2.75, 3.05) is 5.73 Å². The van der Waals surface area contributed by atoms with Crippen molar-refractivity contribution in [3.05, 3.63) is 34.4 Å². The van der Waals surface area contributed by atoms with Gasteiger partial charge < -0.3 is 5.73 Å². The van der Waals surface area contributed by atoms with Crippen LogP contribution in [0.2, 0.25) is 11.0 Å². The van der Waals surface area contributed by atoms with Crippen LogP contribution in [-0.4, -0.2) is 52.8 Å². The number of benzene rings is 1. The Labute approximate surface area is 148 Å². The quantitative estimate of drug-likeness (QED) is 0.364. The van der Waals surface area contributed by atoms with E-state index in [9.17, 15) is 14.4 Å². The summed E-state index contributed by atoms with van der Waals surface area (Å²) in [4.78, 5) is 41.6. The highest BCUT2D eigenvalue weighted by Gasteiger charge is 2.56. The summed E-state index contributed by atoms with van der Waals surface area (Å²) in [6.07, 6.45) is 0. The maximum atomic E-state index is 13.0. The number of nitrogens with one attached hydrogen (secondary N) is 1. The number of anilines is 1. The summed E-state index contributed by atoms with van der Waals surface area (Å²) in [6, 6.07) is 4.72. The number of piperidine rings is 1. The summed E-state index contributed by atoms with van der Waals surface area (Å²) >= 11 is 0. The van der Waals surface area contributed by atoms with E-state index in [1.54, 1.807) is 12.1 Å². The molecule has 0 bridgehead atoms. The topological polar surface area (TPSA) is 107 Å². The molecule has 2 heterocycles. The molecule has 7 nitrogen and oxygen atoms in total. The molecule has 1 aliphatic rings. The van der Waals surface area contributed by atoms with E-state index >= 15 is 0 Å². The highest BCUT2D eigenvalue weighted by atomic mass is 16.2. The average molecular weight is 326 g/mol. The molecule has 11 heteroatoms. The second-order valence-corrected chi connectivity index (χ2v) is 6.04. The van der Waals surface area contributed by atoms with Gasteiger partial charge in [-0.3, -0.25) is 24.3 Å². The lowest BCUT2D eigenvalue weighted by Crippen LogP contribution is -2.68. The lowest BCUT2D eigenvalue weighted by atomic mass is 9.31. The summed E-state index contributed by atoms with van der Waals surface area (Å²) < 4.78 is 0.827. The first kappa shape index (κ1) is 17.4. The van der Waals surface area contributed by atoms with Crippen LogP contribution < -0.4 is 16.6 Å². The lowest BCUT2D eigenvalue weighted by molar-refractivity contribution is -0.138. The number of nitrogens with zero attached hydrogens (tertiary/aromatic N) is 2. The molecule has 2 unspecified atom stereocenters. The van der Waals surface area contributed by atoms with Crippen molar-refractivity contribution in [1.82, 2.24) is 14.9 Å². The predicted octanol–water partition coefficient (Wildman–Crippen LogP) is -1.82. The number of hydrogen-bond acceptors (Lipinski definition) is 5. The van der Waals surface area contributed by atoms with Crippen molar-refractivity contribution in [2.45, 2.75) is 23.4 Å². The number of nitrogen functional groups attached to an aromatic ring is 1. The van der Waals surface area contributed by atoms with E-state index in [1.807, 2.05) is 5.32 Å². The van der Waals surface area contributed by atoms with Gasteiger partial charge in [0.1, 0.15) is 13.7 Å². The van der Waals surface area contributed by atoms with Crippen molar-refractivity contribution in [3.8, 4) is 0 Å². The van der Waals surface area contributed by atoms with Gasteiger partial charge in [0.15, 0.2) is 0 Å². The summed E-state index contributed by atoms with van der Waals surface area (Å²) in [5, 5.41) is -0.218. The zero-order valence-corrected chi connectivity index (χ0v) is 13.3. The molecule has 2 amide bonds. The molecule has 1 aliphatic heterocycles. The van der Waals surface area contributed by atoms with E-state index in [2.05, 4.69) is 4.98 Å². The zero-order chi connectivity index (χ0) is 18.7. The Kier molecular flexibility index (Phi) is 3.67. The smallest absolute Gasteiger partial charge is 0.263 e. The van der Waals surface area contributed by atoms with Gasteiger partial charge in [-0.15, -0.1) is 0 Å². The molecule has 1 aromatic carbocycles. The summed E-state index contributed by atoms with van der Waals surface area (Å²) in [5.74, 6) is -3.44. The van der Waals surface area contributed by atoms with E-state index in [0.29, 0.717) is 5.52 Å². The second-order valence-electron chi connectivity index (χ2n) is 6.04. The molecular formula is C14H10B4N4O3. The highest BCUT2D eigenvalue weighted by Crippen LogP contribution is 2.48. The Balaban J connectivity index is 2.42. The average Bonchev–Trinajstić information content (AvgIpc) is 2.51. The Morgan fingerprint density at radius 1 is 1.24 bits per heavy atom. The fourth-order valence-electron chi connectivity index (χ4n) is 3.01. The number of nitrogens with two attached hydrogens (primary N) is 1. The van der Waals surface area contributed by atoms with E-state index in [1.165, 1.54) is 13.0 Å². The fraction of sp³-hybridized carbons (Fsp3) is 0.286. The minimum atomic E-state index is -2.36. The summed E-state index contributed by atoms with van der Waals surface area (Å²) in [7, 11) is 23.8. The molecule has 1 fully saturated rings. The fourth-order valence-corrected chi connectivity index (χ4v) is 3.01. The minimum absolute atomic E-state index is 0.0481. The second kappa shape index (κ2) is 5.28. The molecule has 1 aromatic heterocycles. The van der Waals surface area contributed by atoms with E-state index in [4.69, 9.17) is 37.1 Å². The van der Waals surface area contributed by atoms with Crippen LogP contribution in [0.3, 0.4) is 0 Å². The molecule has 0 aliphatic carbocycles. The van der Waals surface area contributed by atoms with Crippen molar-refractivity contribution in [1.29, 1.82) is 0 Å². The Morgan fingerprint density at radius 3 is 2.52 bits per heavy atom. The molecule has 116 valence electrons. The predicted molar refractivity (Wildman–Crippen MR) is 95.7 cm³/mol. The number of rotatable bonds is 1. The van der Waals surface area contributed by atoms with Gasteiger partial charge in [-0.2, -0.15) is 0 Å². The highest BCUT2D eigenvalue weighted by molar-refractivity contribution is 6.55. The Bertz CT molecular complexity index is 990.